The summed E-state index contributed by atoms with van der Waals surface area (Å²) >= 11 is 0. The van der Waals surface area contributed by atoms with Crippen LogP contribution >= 0.6 is 0 Å². The number of hydrogen-bond donors (Lipinski definition) is 0. The van der Waals surface area contributed by atoms with E-state index in [9.17, 15) is 0 Å². The molecule has 0 atom stereocenters. The maximum Gasteiger partial charge on any atom is 0.142 e. The van der Waals surface area contributed by atoms with Gasteiger partial charge in [-0.05, 0) is 36.3 Å². The summed E-state index contributed by atoms with van der Waals surface area (Å²) in [5, 5.41) is 2.40. The quantitative estimate of drug-likeness (QED) is 0.443. The van der Waals surface area contributed by atoms with Crippen LogP contribution in [0.5, 0.6) is 0 Å². The Balaban J connectivity index is 1.86. The van der Waals surface area contributed by atoms with Gasteiger partial charge in [0, 0.05) is 23.4 Å². The predicted octanol–water partition coefficient (Wildman–Crippen LogP) is 4.13. The third-order valence-electron chi connectivity index (χ3n) is 3.86. The van der Waals surface area contributed by atoms with Gasteiger partial charge < -0.3 is 4.57 Å². The molecule has 0 unspecified atom stereocenters. The van der Waals surface area contributed by atoms with E-state index in [1.807, 2.05) is 43.4 Å². The number of aromatic nitrogens is 2. The van der Waals surface area contributed by atoms with E-state index in [1.165, 1.54) is 16.3 Å². The van der Waals surface area contributed by atoms with Gasteiger partial charge in [0.2, 0.25) is 0 Å². The van der Waals surface area contributed by atoms with Crippen molar-refractivity contribution in [3.05, 3.63) is 78.0 Å². The molecule has 0 radical (unpaired) electrons. The summed E-state index contributed by atoms with van der Waals surface area (Å²) in [6.07, 6.45) is 0. The number of hydrogen-bond acceptors (Lipinski definition) is 1. The van der Waals surface area contributed by atoms with E-state index in [0.29, 0.717) is 0 Å². The first kappa shape index (κ1) is 12.7. The Kier molecular flexibility index (Phi) is 2.91. The molecule has 2 nitrogen and oxygen atoms in total. The van der Waals surface area contributed by atoms with Crippen LogP contribution in [0.3, 0.4) is 0 Å². The van der Waals surface area contributed by atoms with Gasteiger partial charge in [-0.25, -0.2) is 4.98 Å². The smallest absolute Gasteiger partial charge is 0.142 e. The Bertz CT molecular complexity index is 1030. The first-order valence-corrected chi connectivity index (χ1v) is 7.24. The zero-order valence-electron chi connectivity index (χ0n) is 12.2. The Labute approximate surface area is 129 Å². The van der Waals surface area contributed by atoms with Crippen LogP contribution in [0.15, 0.2) is 66.7 Å². The van der Waals surface area contributed by atoms with E-state index < -0.39 is 0 Å². The molecule has 22 heavy (non-hydrogen) atoms. The first-order valence-electron chi connectivity index (χ1n) is 7.24. The first-order chi connectivity index (χ1) is 10.8. The summed E-state index contributed by atoms with van der Waals surface area (Å²) in [5.41, 5.74) is 3.96. The van der Waals surface area contributed by atoms with Gasteiger partial charge in [-0.2, -0.15) is 0 Å². The van der Waals surface area contributed by atoms with Crippen LogP contribution < -0.4 is 0 Å². The van der Waals surface area contributed by atoms with Crippen molar-refractivity contribution in [3.63, 3.8) is 0 Å². The second-order valence-electron chi connectivity index (χ2n) is 5.26. The molecular weight excluding hydrogens is 268 g/mol. The SMILES string of the molecule is Cn1c2ccccc2c2ccc(C#Cc3ccccc3)nc21. The molecule has 4 rings (SSSR count). The molecule has 0 aliphatic carbocycles. The zero-order chi connectivity index (χ0) is 14.9. The van der Waals surface area contributed by atoms with Crippen molar-refractivity contribution in [2.45, 2.75) is 0 Å². The van der Waals surface area contributed by atoms with Crippen LogP contribution in [0.25, 0.3) is 21.9 Å². The van der Waals surface area contributed by atoms with E-state index in [4.69, 9.17) is 4.98 Å². The minimum atomic E-state index is 0.794. The molecule has 2 heterocycles. The van der Waals surface area contributed by atoms with E-state index in [2.05, 4.69) is 46.7 Å². The third kappa shape index (κ3) is 2.04. The molecule has 104 valence electrons. The molecule has 0 spiro atoms. The second kappa shape index (κ2) is 5.05. The number of benzene rings is 2. The molecule has 2 aromatic heterocycles. The monoisotopic (exact) mass is 282 g/mol. The number of rotatable bonds is 0. The lowest BCUT2D eigenvalue weighted by Gasteiger charge is -1.97. The maximum absolute atomic E-state index is 4.72. The topological polar surface area (TPSA) is 17.8 Å². The van der Waals surface area contributed by atoms with Crippen molar-refractivity contribution in [2.24, 2.45) is 7.05 Å². The number of nitrogens with zero attached hydrogens (tertiary/aromatic N) is 2. The predicted molar refractivity (Wildman–Crippen MR) is 90.6 cm³/mol. The molecule has 2 heteroatoms. The van der Waals surface area contributed by atoms with Crippen LogP contribution in [0.4, 0.5) is 0 Å². The zero-order valence-corrected chi connectivity index (χ0v) is 12.2. The Morgan fingerprint density at radius 3 is 2.41 bits per heavy atom. The standard InChI is InChI=1S/C20H14N2/c1-22-19-10-6-5-9-17(19)18-14-13-16(21-20(18)22)12-11-15-7-3-2-4-8-15/h2-10,13-14H,1H3. The van der Waals surface area contributed by atoms with E-state index in [-0.39, 0.29) is 0 Å². The lowest BCUT2D eigenvalue weighted by Crippen LogP contribution is -1.91. The summed E-state index contributed by atoms with van der Waals surface area (Å²) in [6, 6.07) is 22.4. The Morgan fingerprint density at radius 1 is 0.773 bits per heavy atom. The molecule has 0 N–H and O–H groups in total. The van der Waals surface area contributed by atoms with Crippen molar-refractivity contribution >= 4 is 21.9 Å². The van der Waals surface area contributed by atoms with Gasteiger partial charge in [-0.1, -0.05) is 42.3 Å². The molecule has 2 aromatic carbocycles. The van der Waals surface area contributed by atoms with Gasteiger partial charge in [0.05, 0.1) is 5.52 Å². The minimum Gasteiger partial charge on any atom is -0.328 e. The second-order valence-corrected chi connectivity index (χ2v) is 5.26. The van der Waals surface area contributed by atoms with Crippen LogP contribution in [-0.4, -0.2) is 9.55 Å². The van der Waals surface area contributed by atoms with Gasteiger partial charge in [0.25, 0.3) is 0 Å². The van der Waals surface area contributed by atoms with Crippen molar-refractivity contribution in [1.82, 2.24) is 9.55 Å². The average molecular weight is 282 g/mol. The number of fused-ring (bicyclic) bond motifs is 3. The van der Waals surface area contributed by atoms with Crippen LogP contribution in [0.1, 0.15) is 11.3 Å². The van der Waals surface area contributed by atoms with Gasteiger partial charge in [-0.3, -0.25) is 0 Å². The van der Waals surface area contributed by atoms with E-state index in [0.717, 1.165) is 16.9 Å². The normalized spacial score (nSPS) is 10.6. The summed E-state index contributed by atoms with van der Waals surface area (Å²) < 4.78 is 2.12. The summed E-state index contributed by atoms with van der Waals surface area (Å²) in [7, 11) is 2.05. The van der Waals surface area contributed by atoms with Crippen molar-refractivity contribution < 1.29 is 0 Å². The van der Waals surface area contributed by atoms with Gasteiger partial charge >= 0.3 is 0 Å². The minimum absolute atomic E-state index is 0.794. The highest BCUT2D eigenvalue weighted by molar-refractivity contribution is 6.06. The van der Waals surface area contributed by atoms with Crippen LogP contribution in [-0.2, 0) is 7.05 Å². The molecule has 0 bridgehead atoms. The van der Waals surface area contributed by atoms with Crippen LogP contribution in [0.2, 0.25) is 0 Å². The lowest BCUT2D eigenvalue weighted by atomic mass is 10.2. The maximum atomic E-state index is 4.72. The Morgan fingerprint density at radius 2 is 1.55 bits per heavy atom. The highest BCUT2D eigenvalue weighted by atomic mass is 15.0. The molecular formula is C20H14N2. The largest absolute Gasteiger partial charge is 0.328 e. The van der Waals surface area contributed by atoms with E-state index in [1.54, 1.807) is 0 Å². The van der Waals surface area contributed by atoms with Crippen molar-refractivity contribution in [1.29, 1.82) is 0 Å². The molecule has 0 saturated heterocycles. The molecule has 0 fully saturated rings. The summed E-state index contributed by atoms with van der Waals surface area (Å²) in [5.74, 6) is 6.31. The lowest BCUT2D eigenvalue weighted by molar-refractivity contribution is 0.987. The number of para-hydroxylation sites is 1. The molecule has 4 aromatic rings. The number of pyridine rings is 1. The molecule has 0 aliphatic rings. The average Bonchev–Trinajstić information content (AvgIpc) is 2.87. The molecule has 0 aliphatic heterocycles. The van der Waals surface area contributed by atoms with Crippen molar-refractivity contribution in [2.75, 3.05) is 0 Å². The fourth-order valence-corrected chi connectivity index (χ4v) is 2.75. The highest BCUT2D eigenvalue weighted by Gasteiger charge is 2.08. The van der Waals surface area contributed by atoms with Crippen LogP contribution in [0, 0.1) is 11.8 Å². The summed E-state index contributed by atoms with van der Waals surface area (Å²) in [4.78, 5) is 4.72. The Hall–Kier alpha value is -3.05. The van der Waals surface area contributed by atoms with E-state index >= 15 is 0 Å². The fourth-order valence-electron chi connectivity index (χ4n) is 2.75. The fraction of sp³-hybridized carbons (Fsp3) is 0.0500. The van der Waals surface area contributed by atoms with Gasteiger partial charge in [0.1, 0.15) is 11.3 Å². The molecule has 0 saturated carbocycles. The number of aryl methyl sites for hydroxylation is 1. The summed E-state index contributed by atoms with van der Waals surface area (Å²) in [6.45, 7) is 0. The molecule has 0 amide bonds. The highest BCUT2D eigenvalue weighted by Crippen LogP contribution is 2.26. The van der Waals surface area contributed by atoms with Gasteiger partial charge in [-0.15, -0.1) is 0 Å². The van der Waals surface area contributed by atoms with Crippen molar-refractivity contribution in [3.8, 4) is 11.8 Å². The third-order valence-corrected chi connectivity index (χ3v) is 3.86. The van der Waals surface area contributed by atoms with Gasteiger partial charge in [0.15, 0.2) is 0 Å².